The lowest BCUT2D eigenvalue weighted by Crippen LogP contribution is -2.17. The number of nitrogens with zero attached hydrogens (tertiary/aromatic N) is 1. The zero-order valence-electron chi connectivity index (χ0n) is 24.4. The number of rotatable bonds is 5. The Morgan fingerprint density at radius 2 is 0.900 bits per heavy atom. The summed E-state index contributed by atoms with van der Waals surface area (Å²) in [6, 6.07) is 44.0. The summed E-state index contributed by atoms with van der Waals surface area (Å²) in [4.78, 5) is 2.44. The Hall–Kier alpha value is -3.62. The van der Waals surface area contributed by atoms with E-state index in [0.29, 0.717) is 0 Å². The van der Waals surface area contributed by atoms with Gasteiger partial charge in [0.05, 0.1) is 5.69 Å². The predicted octanol–water partition coefficient (Wildman–Crippen LogP) is 11.8. The van der Waals surface area contributed by atoms with Gasteiger partial charge in [0.25, 0.3) is 0 Å². The molecule has 0 aromatic heterocycles. The van der Waals surface area contributed by atoms with Crippen molar-refractivity contribution in [1.29, 1.82) is 0 Å². The summed E-state index contributed by atoms with van der Waals surface area (Å²) in [6.45, 7) is 13.7. The van der Waals surface area contributed by atoms with Crippen LogP contribution in [-0.2, 0) is 10.8 Å². The molecule has 0 heterocycles. The number of hydrogen-bond donors (Lipinski definition) is 0. The van der Waals surface area contributed by atoms with Gasteiger partial charge in [-0.1, -0.05) is 136 Å². The largest absolute Gasteiger partial charge is 0.309 e. The molecule has 202 valence electrons. The summed E-state index contributed by atoms with van der Waals surface area (Å²) in [6.07, 6.45) is 0. The molecule has 0 spiro atoms. The second kappa shape index (κ2) is 11.1. The van der Waals surface area contributed by atoms with Crippen LogP contribution in [0.1, 0.15) is 52.7 Å². The van der Waals surface area contributed by atoms with E-state index in [9.17, 15) is 0 Å². The van der Waals surface area contributed by atoms with E-state index in [1.54, 1.807) is 0 Å². The van der Waals surface area contributed by atoms with Gasteiger partial charge in [0, 0.05) is 27.0 Å². The molecule has 1 nitrogen and oxygen atoms in total. The lowest BCUT2D eigenvalue weighted by atomic mass is 9.81. The summed E-state index contributed by atoms with van der Waals surface area (Å²) in [5, 5.41) is 0. The van der Waals surface area contributed by atoms with Gasteiger partial charge in [-0.05, 0) is 75.5 Å². The van der Waals surface area contributed by atoms with Crippen LogP contribution in [0, 0.1) is 0 Å². The maximum Gasteiger partial charge on any atom is 0.0618 e. The highest BCUT2D eigenvalue weighted by Gasteiger charge is 2.27. The number of halogens is 1. The van der Waals surface area contributed by atoms with E-state index >= 15 is 0 Å². The number of anilines is 3. The fourth-order valence-electron chi connectivity index (χ4n) is 5.10. The molecule has 0 aliphatic carbocycles. The monoisotopic (exact) mass is 587 g/mol. The van der Waals surface area contributed by atoms with Gasteiger partial charge >= 0.3 is 0 Å². The Morgan fingerprint density at radius 3 is 1.35 bits per heavy atom. The van der Waals surface area contributed by atoms with Crippen molar-refractivity contribution in [2.24, 2.45) is 0 Å². The minimum Gasteiger partial charge on any atom is -0.309 e. The molecule has 0 saturated heterocycles. The Bertz CT molecular complexity index is 1530. The molecule has 5 aromatic rings. The molecule has 5 aromatic carbocycles. The first-order chi connectivity index (χ1) is 19.0. The van der Waals surface area contributed by atoms with E-state index in [1.807, 2.05) is 0 Å². The molecule has 0 saturated carbocycles. The lowest BCUT2D eigenvalue weighted by Gasteiger charge is -2.33. The van der Waals surface area contributed by atoms with Gasteiger partial charge in [0.2, 0.25) is 0 Å². The van der Waals surface area contributed by atoms with Gasteiger partial charge in [-0.15, -0.1) is 0 Å². The molecule has 2 heteroatoms. The van der Waals surface area contributed by atoms with Crippen molar-refractivity contribution in [1.82, 2.24) is 0 Å². The molecule has 0 bridgehead atoms. The van der Waals surface area contributed by atoms with Gasteiger partial charge in [-0.3, -0.25) is 0 Å². The van der Waals surface area contributed by atoms with Crippen molar-refractivity contribution in [3.05, 3.63) is 137 Å². The molecule has 0 unspecified atom stereocenters. The molecule has 0 amide bonds. The summed E-state index contributed by atoms with van der Waals surface area (Å²) in [5.41, 5.74) is 10.8. The number of hydrogen-bond acceptors (Lipinski definition) is 1. The second-order valence-electron chi connectivity index (χ2n) is 12.5. The fourth-order valence-corrected chi connectivity index (χ4v) is 5.59. The third kappa shape index (κ3) is 5.93. The van der Waals surface area contributed by atoms with Crippen LogP contribution in [0.5, 0.6) is 0 Å². The van der Waals surface area contributed by atoms with Crippen LogP contribution in [0.3, 0.4) is 0 Å². The van der Waals surface area contributed by atoms with Crippen molar-refractivity contribution in [3.8, 4) is 22.3 Å². The Labute approximate surface area is 248 Å². The van der Waals surface area contributed by atoms with Crippen LogP contribution in [0.2, 0.25) is 0 Å². The fraction of sp³-hybridized carbons (Fsp3) is 0.211. The van der Waals surface area contributed by atoms with Gasteiger partial charge in [0.1, 0.15) is 0 Å². The molecular weight excluding hydrogens is 550 g/mol. The van der Waals surface area contributed by atoms with Gasteiger partial charge in [-0.25, -0.2) is 0 Å². The van der Waals surface area contributed by atoms with E-state index in [4.69, 9.17) is 0 Å². The number of benzene rings is 5. The highest BCUT2D eigenvalue weighted by atomic mass is 79.9. The van der Waals surface area contributed by atoms with E-state index in [2.05, 4.69) is 184 Å². The van der Waals surface area contributed by atoms with E-state index in [1.165, 1.54) is 39.1 Å². The third-order valence-corrected chi connectivity index (χ3v) is 7.85. The van der Waals surface area contributed by atoms with Crippen LogP contribution in [0.15, 0.2) is 126 Å². The number of para-hydroxylation sites is 1. The molecule has 0 radical (unpaired) electrons. The normalized spacial score (nSPS) is 11.9. The highest BCUT2D eigenvalue weighted by Crippen LogP contribution is 2.49. The standard InChI is InChI=1S/C38H38BrN/c1-37(2,3)29-22-31(39)26-33(23-29)40(32-20-14-9-15-21-32)36-34(27-16-10-7-11-17-27)24-30(38(4,5)6)25-35(36)28-18-12-8-13-19-28/h7-26H,1-6H3. The van der Waals surface area contributed by atoms with E-state index < -0.39 is 0 Å². The molecule has 40 heavy (non-hydrogen) atoms. The Morgan fingerprint density at radius 1 is 0.475 bits per heavy atom. The molecular formula is C38H38BrN. The molecule has 0 aliphatic heterocycles. The summed E-state index contributed by atoms with van der Waals surface area (Å²) in [5.74, 6) is 0. The predicted molar refractivity (Wildman–Crippen MR) is 177 cm³/mol. The average molecular weight is 589 g/mol. The third-order valence-electron chi connectivity index (χ3n) is 7.39. The molecule has 5 rings (SSSR count). The molecule has 0 atom stereocenters. The van der Waals surface area contributed by atoms with Gasteiger partial charge < -0.3 is 4.90 Å². The Kier molecular flexibility index (Phi) is 7.75. The van der Waals surface area contributed by atoms with Crippen molar-refractivity contribution < 1.29 is 0 Å². The SMILES string of the molecule is CC(C)(C)c1cc(Br)cc(N(c2ccccc2)c2c(-c3ccccc3)cc(C(C)(C)C)cc2-c2ccccc2)c1. The highest BCUT2D eigenvalue weighted by molar-refractivity contribution is 9.10. The zero-order valence-corrected chi connectivity index (χ0v) is 26.0. The first-order valence-electron chi connectivity index (χ1n) is 14.0. The first kappa shape index (κ1) is 27.9. The lowest BCUT2D eigenvalue weighted by molar-refractivity contribution is 0.589. The van der Waals surface area contributed by atoms with Crippen LogP contribution in [0.25, 0.3) is 22.3 Å². The quantitative estimate of drug-likeness (QED) is 0.197. The minimum absolute atomic E-state index is 0.00149. The van der Waals surface area contributed by atoms with Crippen molar-refractivity contribution in [2.75, 3.05) is 4.90 Å². The van der Waals surface area contributed by atoms with Crippen LogP contribution >= 0.6 is 15.9 Å². The van der Waals surface area contributed by atoms with Gasteiger partial charge in [0.15, 0.2) is 0 Å². The zero-order chi connectivity index (χ0) is 28.5. The second-order valence-corrected chi connectivity index (χ2v) is 13.4. The van der Waals surface area contributed by atoms with E-state index in [0.717, 1.165) is 15.8 Å². The topological polar surface area (TPSA) is 3.24 Å². The average Bonchev–Trinajstić information content (AvgIpc) is 2.93. The van der Waals surface area contributed by atoms with Crippen molar-refractivity contribution in [2.45, 2.75) is 52.4 Å². The smallest absolute Gasteiger partial charge is 0.0618 e. The van der Waals surface area contributed by atoms with Crippen molar-refractivity contribution >= 4 is 33.0 Å². The summed E-state index contributed by atoms with van der Waals surface area (Å²) in [7, 11) is 0. The molecule has 0 fully saturated rings. The van der Waals surface area contributed by atoms with Crippen molar-refractivity contribution in [3.63, 3.8) is 0 Å². The van der Waals surface area contributed by atoms with Gasteiger partial charge in [-0.2, -0.15) is 0 Å². The molecule has 0 aliphatic rings. The maximum absolute atomic E-state index is 3.86. The van der Waals surface area contributed by atoms with Crippen LogP contribution in [0.4, 0.5) is 17.1 Å². The summed E-state index contributed by atoms with van der Waals surface area (Å²) >= 11 is 3.86. The van der Waals surface area contributed by atoms with Crippen LogP contribution in [-0.4, -0.2) is 0 Å². The summed E-state index contributed by atoms with van der Waals surface area (Å²) < 4.78 is 1.07. The Balaban J connectivity index is 1.94. The molecule has 0 N–H and O–H groups in total. The van der Waals surface area contributed by atoms with E-state index in [-0.39, 0.29) is 10.8 Å². The van der Waals surface area contributed by atoms with Crippen LogP contribution < -0.4 is 4.90 Å². The maximum atomic E-state index is 3.86. The minimum atomic E-state index is -0.0155. The first-order valence-corrected chi connectivity index (χ1v) is 14.8.